The van der Waals surface area contributed by atoms with E-state index in [0.29, 0.717) is 16.7 Å². The zero-order chi connectivity index (χ0) is 30.1. The number of nitrogens with zero attached hydrogens (tertiary/aromatic N) is 6. The monoisotopic (exact) mass is 581 g/mol. The van der Waals surface area contributed by atoms with Crippen molar-refractivity contribution < 1.29 is 28.7 Å². The number of H-pyrrole nitrogens is 1. The number of nitrogens with one attached hydrogen (secondary N) is 1. The highest BCUT2D eigenvalue weighted by Gasteiger charge is 2.31. The molecule has 0 radical (unpaired) electrons. The lowest BCUT2D eigenvalue weighted by Gasteiger charge is -2.34. The maximum absolute atomic E-state index is 15.1. The molecule has 3 heterocycles. The molecule has 1 aliphatic rings. The summed E-state index contributed by atoms with van der Waals surface area (Å²) in [4.78, 5) is 57.6. The summed E-state index contributed by atoms with van der Waals surface area (Å²) in [5, 5.41) is 21.6. The Kier molecular flexibility index (Phi) is 7.20. The number of fused-ring (bicyclic) bond motifs is 1. The van der Waals surface area contributed by atoms with E-state index in [0.717, 1.165) is 6.07 Å². The first-order valence-electron chi connectivity index (χ1n) is 13.4. The first-order valence-corrected chi connectivity index (χ1v) is 13.4. The van der Waals surface area contributed by atoms with Crippen molar-refractivity contribution in [2.24, 2.45) is 0 Å². The van der Waals surface area contributed by atoms with E-state index >= 15 is 4.39 Å². The number of tetrazole rings is 1. The number of hydrogen-bond donors (Lipinski definition) is 2. The molecular formula is C30H24FN7O5. The van der Waals surface area contributed by atoms with Gasteiger partial charge in [-0.15, -0.1) is 10.2 Å². The van der Waals surface area contributed by atoms with Crippen LogP contribution in [-0.4, -0.2) is 89.8 Å². The largest absolute Gasteiger partial charge is 0.478 e. The number of carboxylic acid groups (broad SMARTS) is 1. The molecule has 0 aliphatic carbocycles. The Bertz CT molecular complexity index is 1880. The fourth-order valence-corrected chi connectivity index (χ4v) is 5.09. The van der Waals surface area contributed by atoms with Crippen LogP contribution in [0.1, 0.15) is 36.6 Å². The zero-order valence-corrected chi connectivity index (χ0v) is 22.6. The number of piperazine rings is 1. The Hall–Kier alpha value is -5.72. The molecule has 3 aromatic carbocycles. The molecular weight excluding hydrogens is 557 g/mol. The van der Waals surface area contributed by atoms with Gasteiger partial charge in [0.1, 0.15) is 5.82 Å². The molecule has 43 heavy (non-hydrogen) atoms. The smallest absolute Gasteiger partial charge is 0.335 e. The average molecular weight is 582 g/mol. The Morgan fingerprint density at radius 1 is 0.884 bits per heavy atom. The van der Waals surface area contributed by atoms with Crippen LogP contribution >= 0.6 is 0 Å². The fraction of sp³-hybridized carbons (Fsp3) is 0.167. The molecule has 0 bridgehead atoms. The molecule has 12 nitrogen and oxygen atoms in total. The molecule has 6 rings (SSSR count). The predicted molar refractivity (Wildman–Crippen MR) is 151 cm³/mol. The zero-order valence-electron chi connectivity index (χ0n) is 22.6. The average Bonchev–Trinajstić information content (AvgIpc) is 3.69. The first kappa shape index (κ1) is 27.4. The van der Waals surface area contributed by atoms with E-state index in [1.165, 1.54) is 34.1 Å². The summed E-state index contributed by atoms with van der Waals surface area (Å²) in [7, 11) is 0. The van der Waals surface area contributed by atoms with Crippen LogP contribution in [0.2, 0.25) is 0 Å². The number of carbonyl (C=O) groups is 4. The van der Waals surface area contributed by atoms with E-state index in [1.807, 2.05) is 6.07 Å². The van der Waals surface area contributed by atoms with E-state index in [-0.39, 0.29) is 66.5 Å². The molecule has 2 N–H and O–H groups in total. The topological polar surface area (TPSA) is 154 Å². The first-order chi connectivity index (χ1) is 20.8. The number of hydrogen-bond acceptors (Lipinski definition) is 7. The highest BCUT2D eigenvalue weighted by Crippen LogP contribution is 2.30. The molecule has 0 unspecified atom stereocenters. The maximum Gasteiger partial charge on any atom is 0.335 e. The number of ketones is 1. The molecule has 0 atom stereocenters. The van der Waals surface area contributed by atoms with E-state index < -0.39 is 23.5 Å². The lowest BCUT2D eigenvalue weighted by Crippen LogP contribution is -2.52. The second-order valence-electron chi connectivity index (χ2n) is 9.98. The summed E-state index contributed by atoms with van der Waals surface area (Å²) in [5.74, 6) is -3.42. The molecule has 0 spiro atoms. The summed E-state index contributed by atoms with van der Waals surface area (Å²) in [6.45, 7) is 1.01. The van der Waals surface area contributed by atoms with Crippen LogP contribution in [-0.2, 0) is 11.3 Å². The van der Waals surface area contributed by atoms with Crippen LogP contribution < -0.4 is 0 Å². The van der Waals surface area contributed by atoms with Gasteiger partial charge < -0.3 is 19.9 Å². The van der Waals surface area contributed by atoms with Gasteiger partial charge in [-0.3, -0.25) is 14.4 Å². The van der Waals surface area contributed by atoms with Crippen LogP contribution in [0.5, 0.6) is 0 Å². The summed E-state index contributed by atoms with van der Waals surface area (Å²) in [6.07, 6.45) is 1.29. The standard InChI is InChI=1S/C30H24FN7O5/c31-23-10-9-21(27-33-35-38(34-27)17-18-5-4-8-20(15-18)30(42)43)25-24(23)22(16-32-25)26(39)29(41)37-13-11-36(12-14-37)28(40)19-6-2-1-3-7-19/h1-10,15-16,32H,11-14,17H2,(H,42,43). The van der Waals surface area contributed by atoms with Gasteiger partial charge in [0.25, 0.3) is 17.6 Å². The number of carboxylic acids is 1. The van der Waals surface area contributed by atoms with Crippen molar-refractivity contribution in [3.63, 3.8) is 0 Å². The van der Waals surface area contributed by atoms with Crippen molar-refractivity contribution in [3.05, 3.63) is 101 Å². The number of aromatic nitrogens is 5. The SMILES string of the molecule is O=C(O)c1cccc(Cn2nnc(-c3ccc(F)c4c(C(=O)C(=O)N5CCN(C(=O)c6ccccc6)CC5)c[nH]c34)n2)c1. The fourth-order valence-electron chi connectivity index (χ4n) is 5.09. The molecule has 1 fully saturated rings. The predicted octanol–water partition coefficient (Wildman–Crippen LogP) is 2.87. The lowest BCUT2D eigenvalue weighted by atomic mass is 10.0. The molecule has 13 heteroatoms. The number of halogens is 1. The number of Topliss-reactive ketones (excluding diaryl/α,β-unsaturated/α-hetero) is 1. The third-order valence-electron chi connectivity index (χ3n) is 7.29. The second-order valence-corrected chi connectivity index (χ2v) is 9.98. The van der Waals surface area contributed by atoms with Gasteiger partial charge in [-0.1, -0.05) is 30.3 Å². The van der Waals surface area contributed by atoms with Crippen molar-refractivity contribution in [1.29, 1.82) is 0 Å². The van der Waals surface area contributed by atoms with Gasteiger partial charge in [-0.05, 0) is 47.2 Å². The Labute approximate surface area is 243 Å². The molecule has 216 valence electrons. The van der Waals surface area contributed by atoms with Gasteiger partial charge in [-0.2, -0.15) is 4.80 Å². The minimum Gasteiger partial charge on any atom is -0.478 e. The van der Waals surface area contributed by atoms with E-state index in [4.69, 9.17) is 0 Å². The van der Waals surface area contributed by atoms with E-state index in [1.54, 1.807) is 41.3 Å². The lowest BCUT2D eigenvalue weighted by molar-refractivity contribution is -0.127. The minimum atomic E-state index is -1.06. The van der Waals surface area contributed by atoms with Gasteiger partial charge >= 0.3 is 5.97 Å². The maximum atomic E-state index is 15.1. The number of carbonyl (C=O) groups excluding carboxylic acids is 3. The van der Waals surface area contributed by atoms with Gasteiger partial charge in [-0.25, -0.2) is 9.18 Å². The van der Waals surface area contributed by atoms with Gasteiger partial charge in [0, 0.05) is 48.9 Å². The summed E-state index contributed by atoms with van der Waals surface area (Å²) < 4.78 is 15.1. The third-order valence-corrected chi connectivity index (χ3v) is 7.29. The van der Waals surface area contributed by atoms with Gasteiger partial charge in [0.2, 0.25) is 5.82 Å². The molecule has 1 aliphatic heterocycles. The highest BCUT2D eigenvalue weighted by molar-refractivity contribution is 6.45. The summed E-state index contributed by atoms with van der Waals surface area (Å²) >= 11 is 0. The number of rotatable bonds is 7. The highest BCUT2D eigenvalue weighted by atomic mass is 19.1. The number of amides is 2. The third kappa shape index (κ3) is 5.35. The van der Waals surface area contributed by atoms with Crippen LogP contribution in [0.4, 0.5) is 4.39 Å². The van der Waals surface area contributed by atoms with Crippen molar-refractivity contribution >= 4 is 34.5 Å². The quantitative estimate of drug-likeness (QED) is 0.220. The summed E-state index contributed by atoms with van der Waals surface area (Å²) in [6, 6.07) is 17.7. The van der Waals surface area contributed by atoms with Crippen LogP contribution in [0.15, 0.2) is 72.9 Å². The van der Waals surface area contributed by atoms with Crippen molar-refractivity contribution in [1.82, 2.24) is 35.0 Å². The molecule has 2 amide bonds. The van der Waals surface area contributed by atoms with Gasteiger partial charge in [0.05, 0.1) is 23.2 Å². The van der Waals surface area contributed by atoms with E-state index in [9.17, 15) is 24.3 Å². The summed E-state index contributed by atoms with van der Waals surface area (Å²) in [5.41, 5.74) is 1.78. The van der Waals surface area contributed by atoms with Crippen molar-refractivity contribution in [3.8, 4) is 11.4 Å². The van der Waals surface area contributed by atoms with Crippen LogP contribution in [0, 0.1) is 5.82 Å². The Morgan fingerprint density at radius 2 is 1.60 bits per heavy atom. The van der Waals surface area contributed by atoms with Crippen molar-refractivity contribution in [2.45, 2.75) is 6.54 Å². The Morgan fingerprint density at radius 3 is 2.35 bits per heavy atom. The van der Waals surface area contributed by atoms with E-state index in [2.05, 4.69) is 20.4 Å². The van der Waals surface area contributed by atoms with Crippen LogP contribution in [0.25, 0.3) is 22.3 Å². The normalized spacial score (nSPS) is 13.3. The Balaban J connectivity index is 1.19. The minimum absolute atomic E-state index is 0.0701. The van der Waals surface area contributed by atoms with Gasteiger partial charge in [0.15, 0.2) is 0 Å². The molecule has 1 saturated heterocycles. The number of benzene rings is 3. The molecule has 2 aromatic heterocycles. The number of aromatic amines is 1. The number of aromatic carboxylic acids is 1. The van der Waals surface area contributed by atoms with Crippen molar-refractivity contribution in [2.75, 3.05) is 26.2 Å². The molecule has 0 saturated carbocycles. The van der Waals surface area contributed by atoms with Crippen LogP contribution in [0.3, 0.4) is 0 Å². The molecule has 5 aromatic rings. The second kappa shape index (κ2) is 11.3.